The molecule has 2 aromatic carbocycles. The Balaban J connectivity index is 1.36. The molecule has 9 nitrogen and oxygen atoms in total. The summed E-state index contributed by atoms with van der Waals surface area (Å²) in [6.45, 7) is 12.0. The van der Waals surface area contributed by atoms with Crippen molar-refractivity contribution in [1.82, 2.24) is 19.8 Å². The van der Waals surface area contributed by atoms with Crippen molar-refractivity contribution in [3.63, 3.8) is 0 Å². The van der Waals surface area contributed by atoms with Crippen LogP contribution >= 0.6 is 0 Å². The summed E-state index contributed by atoms with van der Waals surface area (Å²) in [6, 6.07) is 8.95. The summed E-state index contributed by atoms with van der Waals surface area (Å²) in [6.07, 6.45) is 4.85. The van der Waals surface area contributed by atoms with Crippen molar-refractivity contribution in [3.8, 4) is 11.5 Å². The molecule has 0 atom stereocenters. The molecular formula is C31H40FN5O4. The van der Waals surface area contributed by atoms with Gasteiger partial charge in [0.15, 0.2) is 11.5 Å². The maximum atomic E-state index is 14.8. The first-order valence-electron chi connectivity index (χ1n) is 14.5. The topological polar surface area (TPSA) is 89.1 Å². The van der Waals surface area contributed by atoms with Gasteiger partial charge in [0.05, 0.1) is 11.2 Å². The number of nitrogens with zero attached hydrogens (tertiary/aromatic N) is 4. The number of nitrogens with one attached hydrogen (secondary N) is 1. The predicted octanol–water partition coefficient (Wildman–Crippen LogP) is 6.07. The highest BCUT2D eigenvalue weighted by Crippen LogP contribution is 2.37. The van der Waals surface area contributed by atoms with E-state index in [0.717, 1.165) is 19.6 Å². The molecule has 2 saturated heterocycles. The molecule has 10 heteroatoms. The molecule has 2 aliphatic heterocycles. The summed E-state index contributed by atoms with van der Waals surface area (Å²) in [5, 5.41) is 3.84. The lowest BCUT2D eigenvalue weighted by Gasteiger charge is -2.33. The highest BCUT2D eigenvalue weighted by Gasteiger charge is 2.28. The Kier molecular flexibility index (Phi) is 8.77. The van der Waals surface area contributed by atoms with Crippen LogP contribution in [0, 0.1) is 12.7 Å². The first kappa shape index (κ1) is 28.9. The van der Waals surface area contributed by atoms with Gasteiger partial charge in [-0.3, -0.25) is 4.90 Å². The second-order valence-corrected chi connectivity index (χ2v) is 11.8. The zero-order valence-electron chi connectivity index (χ0n) is 24.4. The third kappa shape index (κ3) is 7.35. The van der Waals surface area contributed by atoms with Crippen molar-refractivity contribution in [2.45, 2.75) is 65.1 Å². The Morgan fingerprint density at radius 1 is 1.07 bits per heavy atom. The van der Waals surface area contributed by atoms with Crippen LogP contribution in [0.3, 0.4) is 0 Å². The molecule has 1 aromatic heterocycles. The molecule has 5 rings (SSSR count). The average Bonchev–Trinajstić information content (AvgIpc) is 3.45. The van der Waals surface area contributed by atoms with Crippen LogP contribution in [0.15, 0.2) is 36.7 Å². The Morgan fingerprint density at radius 3 is 2.56 bits per heavy atom. The average molecular weight is 566 g/mol. The predicted molar refractivity (Wildman–Crippen MR) is 157 cm³/mol. The zero-order chi connectivity index (χ0) is 29.0. The van der Waals surface area contributed by atoms with Gasteiger partial charge in [-0.25, -0.2) is 19.2 Å². The summed E-state index contributed by atoms with van der Waals surface area (Å²) in [5.41, 5.74) is 1.02. The summed E-state index contributed by atoms with van der Waals surface area (Å²) < 4.78 is 33.1. The third-order valence-electron chi connectivity index (χ3n) is 7.40. The van der Waals surface area contributed by atoms with Crippen molar-refractivity contribution in [2.24, 2.45) is 0 Å². The minimum Gasteiger partial charge on any atom is -0.488 e. The standard InChI is InChI=1S/C31H40FN5O4/c1-21-8-7-9-24(28(21)32)35-29-23-18-26(39-17-16-36-12-5-6-13-36)27(19-25(23)33-20-34-29)40-22-10-14-37(15-11-22)30(38)41-31(2,3)4/h7-9,18-20,22H,5-6,10-17H2,1-4H3,(H,33,34,35). The molecule has 0 unspecified atom stereocenters. The molecule has 3 aromatic rings. The van der Waals surface area contributed by atoms with Gasteiger partial charge in [-0.15, -0.1) is 0 Å². The molecular weight excluding hydrogens is 525 g/mol. The normalized spacial score (nSPS) is 16.7. The van der Waals surface area contributed by atoms with Crippen LogP contribution in [0.1, 0.15) is 52.0 Å². The molecule has 0 aliphatic carbocycles. The van der Waals surface area contributed by atoms with Crippen LogP contribution in [0.5, 0.6) is 11.5 Å². The molecule has 41 heavy (non-hydrogen) atoms. The SMILES string of the molecule is Cc1cccc(Nc2ncnc3cc(OC4CCN(C(=O)OC(C)(C)C)CC4)c(OCCN4CCCC4)cc23)c1F. The van der Waals surface area contributed by atoms with E-state index in [4.69, 9.17) is 14.2 Å². The molecule has 1 N–H and O–H groups in total. The van der Waals surface area contributed by atoms with Gasteiger partial charge in [-0.05, 0) is 71.3 Å². The van der Waals surface area contributed by atoms with Crippen LogP contribution in [0.4, 0.5) is 20.7 Å². The van der Waals surface area contributed by atoms with Crippen LogP contribution < -0.4 is 14.8 Å². The summed E-state index contributed by atoms with van der Waals surface area (Å²) >= 11 is 0. The maximum absolute atomic E-state index is 14.8. The van der Waals surface area contributed by atoms with E-state index in [9.17, 15) is 9.18 Å². The van der Waals surface area contributed by atoms with Crippen LogP contribution in [-0.2, 0) is 4.74 Å². The van der Waals surface area contributed by atoms with E-state index >= 15 is 0 Å². The van der Waals surface area contributed by atoms with E-state index in [-0.39, 0.29) is 18.0 Å². The van der Waals surface area contributed by atoms with Crippen LogP contribution in [0.2, 0.25) is 0 Å². The van der Waals surface area contributed by atoms with Crippen molar-refractivity contribution >= 4 is 28.5 Å². The minimum atomic E-state index is -0.530. The number of fused-ring (bicyclic) bond motifs is 1. The summed E-state index contributed by atoms with van der Waals surface area (Å²) in [7, 11) is 0. The van der Waals surface area contributed by atoms with Gasteiger partial charge in [0.2, 0.25) is 0 Å². The number of hydrogen-bond acceptors (Lipinski definition) is 8. The van der Waals surface area contributed by atoms with Gasteiger partial charge < -0.3 is 24.4 Å². The second kappa shape index (κ2) is 12.5. The van der Waals surface area contributed by atoms with Gasteiger partial charge in [0.1, 0.15) is 36.3 Å². The molecule has 2 fully saturated rings. The van der Waals surface area contributed by atoms with Crippen LogP contribution in [-0.4, -0.2) is 76.9 Å². The van der Waals surface area contributed by atoms with Crippen LogP contribution in [0.25, 0.3) is 10.9 Å². The number of benzene rings is 2. The molecule has 0 bridgehead atoms. The number of piperidine rings is 1. The van der Waals surface area contributed by atoms with Crippen molar-refractivity contribution in [1.29, 1.82) is 0 Å². The number of anilines is 2. The summed E-state index contributed by atoms with van der Waals surface area (Å²) in [4.78, 5) is 25.5. The molecule has 0 saturated carbocycles. The number of likely N-dealkylation sites (tertiary alicyclic amines) is 2. The number of aromatic nitrogens is 2. The van der Waals surface area contributed by atoms with Gasteiger partial charge in [-0.2, -0.15) is 0 Å². The number of rotatable bonds is 8. The fraction of sp³-hybridized carbons (Fsp3) is 0.516. The molecule has 0 radical (unpaired) electrons. The lowest BCUT2D eigenvalue weighted by Crippen LogP contribution is -2.44. The molecule has 1 amide bonds. The Labute approximate surface area is 241 Å². The van der Waals surface area contributed by atoms with Crippen molar-refractivity contribution in [2.75, 3.05) is 44.6 Å². The monoisotopic (exact) mass is 565 g/mol. The summed E-state index contributed by atoms with van der Waals surface area (Å²) in [5.74, 6) is 1.36. The number of halogens is 1. The van der Waals surface area contributed by atoms with Gasteiger partial charge in [-0.1, -0.05) is 12.1 Å². The molecule has 0 spiro atoms. The minimum absolute atomic E-state index is 0.0899. The van der Waals surface area contributed by atoms with Crippen molar-refractivity contribution in [3.05, 3.63) is 48.0 Å². The number of hydrogen-bond donors (Lipinski definition) is 1. The maximum Gasteiger partial charge on any atom is 0.410 e. The Morgan fingerprint density at radius 2 is 1.83 bits per heavy atom. The fourth-order valence-electron chi connectivity index (χ4n) is 5.19. The highest BCUT2D eigenvalue weighted by molar-refractivity contribution is 5.93. The molecule has 220 valence electrons. The molecule has 3 heterocycles. The smallest absolute Gasteiger partial charge is 0.410 e. The van der Waals surface area contributed by atoms with Gasteiger partial charge in [0.25, 0.3) is 0 Å². The first-order chi connectivity index (χ1) is 19.7. The van der Waals surface area contributed by atoms with E-state index < -0.39 is 5.60 Å². The van der Waals surface area contributed by atoms with Crippen molar-refractivity contribution < 1.29 is 23.4 Å². The second-order valence-electron chi connectivity index (χ2n) is 11.8. The highest BCUT2D eigenvalue weighted by atomic mass is 19.1. The third-order valence-corrected chi connectivity index (χ3v) is 7.40. The number of ether oxygens (including phenoxy) is 3. The first-order valence-corrected chi connectivity index (χ1v) is 14.5. The van der Waals surface area contributed by atoms with E-state index in [1.54, 1.807) is 30.0 Å². The largest absolute Gasteiger partial charge is 0.488 e. The number of carbonyl (C=O) groups excluding carboxylic acids is 1. The number of carbonyl (C=O) groups is 1. The number of amides is 1. The van der Waals surface area contributed by atoms with Gasteiger partial charge in [0, 0.05) is 43.9 Å². The van der Waals surface area contributed by atoms with E-state index in [1.807, 2.05) is 32.9 Å². The van der Waals surface area contributed by atoms with E-state index in [1.165, 1.54) is 19.2 Å². The van der Waals surface area contributed by atoms with E-state index in [0.29, 0.717) is 72.0 Å². The Hall–Kier alpha value is -3.66. The Bertz CT molecular complexity index is 1360. The fourth-order valence-corrected chi connectivity index (χ4v) is 5.19. The lowest BCUT2D eigenvalue weighted by molar-refractivity contribution is 0.0124. The number of aryl methyl sites for hydroxylation is 1. The zero-order valence-corrected chi connectivity index (χ0v) is 24.4. The van der Waals surface area contributed by atoms with Gasteiger partial charge >= 0.3 is 6.09 Å². The quantitative estimate of drug-likeness (QED) is 0.352. The lowest BCUT2D eigenvalue weighted by atomic mass is 10.1. The van der Waals surface area contributed by atoms with E-state index in [2.05, 4.69) is 20.2 Å². The molecule has 2 aliphatic rings.